The molecule has 0 spiro atoms. The molecular formula is C3H5N3S2. The predicted octanol–water partition coefficient (Wildman–Crippen LogP) is 0.752. The van der Waals surface area contributed by atoms with E-state index >= 15 is 0 Å². The van der Waals surface area contributed by atoms with Crippen LogP contribution in [-0.2, 0) is 7.05 Å². The van der Waals surface area contributed by atoms with Crippen molar-refractivity contribution < 1.29 is 0 Å². The molecule has 1 heterocycles. The summed E-state index contributed by atoms with van der Waals surface area (Å²) in [6.45, 7) is 0. The van der Waals surface area contributed by atoms with E-state index in [4.69, 9.17) is 0 Å². The van der Waals surface area contributed by atoms with Gasteiger partial charge in [0.1, 0.15) is 6.33 Å². The normalized spacial score (nSPS) is 9.75. The van der Waals surface area contributed by atoms with Gasteiger partial charge in [-0.25, -0.2) is 4.98 Å². The summed E-state index contributed by atoms with van der Waals surface area (Å²) in [6, 6.07) is 0. The molecule has 0 aliphatic heterocycles. The fraction of sp³-hybridized carbons (Fsp3) is 0.333. The molecule has 5 heteroatoms. The molecule has 0 radical (unpaired) electrons. The minimum atomic E-state index is 0.691. The summed E-state index contributed by atoms with van der Waals surface area (Å²) in [5.41, 5.74) is 0. The summed E-state index contributed by atoms with van der Waals surface area (Å²) in [5.74, 6) is 0. The average Bonchev–Trinajstić information content (AvgIpc) is 2.14. The van der Waals surface area contributed by atoms with Crippen LogP contribution < -0.4 is 0 Å². The number of hydrogen-bond acceptors (Lipinski definition) is 4. The SMILES string of the molecule is Cn1cnc(SS)n1. The highest BCUT2D eigenvalue weighted by Gasteiger charge is 1.91. The van der Waals surface area contributed by atoms with Gasteiger partial charge < -0.3 is 0 Å². The molecule has 1 aromatic rings. The van der Waals surface area contributed by atoms with Crippen LogP contribution in [0.25, 0.3) is 0 Å². The second-order valence-electron chi connectivity index (χ2n) is 1.29. The van der Waals surface area contributed by atoms with Gasteiger partial charge in [-0.1, -0.05) is 0 Å². The Bertz CT molecular complexity index is 173. The zero-order valence-corrected chi connectivity index (χ0v) is 5.99. The lowest BCUT2D eigenvalue weighted by Gasteiger charge is -1.79. The number of aromatic nitrogens is 3. The van der Waals surface area contributed by atoms with E-state index in [9.17, 15) is 0 Å². The van der Waals surface area contributed by atoms with Gasteiger partial charge in [-0.15, -0.1) is 16.8 Å². The monoisotopic (exact) mass is 147 g/mol. The lowest BCUT2D eigenvalue weighted by Crippen LogP contribution is -1.85. The van der Waals surface area contributed by atoms with E-state index < -0.39 is 0 Å². The van der Waals surface area contributed by atoms with Crippen LogP contribution >= 0.6 is 22.5 Å². The van der Waals surface area contributed by atoms with Crippen molar-refractivity contribution >= 4 is 22.5 Å². The van der Waals surface area contributed by atoms with Gasteiger partial charge in [-0.05, 0) is 10.8 Å². The molecule has 0 N–H and O–H groups in total. The Morgan fingerprint density at radius 1 is 1.88 bits per heavy atom. The van der Waals surface area contributed by atoms with E-state index in [1.165, 1.54) is 10.8 Å². The lowest BCUT2D eigenvalue weighted by molar-refractivity contribution is 0.739. The molecule has 3 nitrogen and oxygen atoms in total. The molecule has 0 fully saturated rings. The Kier molecular flexibility index (Phi) is 1.80. The largest absolute Gasteiger partial charge is 0.255 e. The first-order chi connectivity index (χ1) is 3.83. The summed E-state index contributed by atoms with van der Waals surface area (Å²) < 4.78 is 1.64. The highest BCUT2D eigenvalue weighted by Crippen LogP contribution is 2.13. The van der Waals surface area contributed by atoms with Gasteiger partial charge in [0.15, 0.2) is 0 Å². The minimum Gasteiger partial charge on any atom is -0.255 e. The third-order valence-electron chi connectivity index (χ3n) is 0.660. The standard InChI is InChI=1S/C3H5N3S2/c1-6-2-4-3(5-6)8-7/h2,7H,1H3. The van der Waals surface area contributed by atoms with Gasteiger partial charge >= 0.3 is 0 Å². The van der Waals surface area contributed by atoms with Gasteiger partial charge in [0.05, 0.1) is 0 Å². The van der Waals surface area contributed by atoms with Gasteiger partial charge in [-0.2, -0.15) is 0 Å². The predicted molar refractivity (Wildman–Crippen MR) is 35.8 cm³/mol. The Labute approximate surface area is 56.3 Å². The summed E-state index contributed by atoms with van der Waals surface area (Å²) in [5, 5.41) is 4.61. The van der Waals surface area contributed by atoms with Crippen molar-refractivity contribution in [3.8, 4) is 0 Å². The maximum atomic E-state index is 3.92. The smallest absolute Gasteiger partial charge is 0.218 e. The van der Waals surface area contributed by atoms with E-state index in [2.05, 4.69) is 21.7 Å². The Balaban J connectivity index is 2.84. The summed E-state index contributed by atoms with van der Waals surface area (Å²) in [6.07, 6.45) is 1.64. The molecule has 1 aromatic heterocycles. The van der Waals surface area contributed by atoms with E-state index in [0.717, 1.165) is 0 Å². The van der Waals surface area contributed by atoms with Crippen molar-refractivity contribution in [2.45, 2.75) is 5.16 Å². The summed E-state index contributed by atoms with van der Waals surface area (Å²) >= 11 is 3.90. The van der Waals surface area contributed by atoms with Crippen molar-refractivity contribution in [2.24, 2.45) is 7.05 Å². The molecule has 0 amide bonds. The molecular weight excluding hydrogens is 142 g/mol. The Hall–Kier alpha value is -0.160. The molecule has 0 aliphatic carbocycles. The highest BCUT2D eigenvalue weighted by atomic mass is 33.1. The Morgan fingerprint density at radius 2 is 2.62 bits per heavy atom. The van der Waals surface area contributed by atoms with Crippen molar-refractivity contribution in [3.63, 3.8) is 0 Å². The number of rotatable bonds is 1. The van der Waals surface area contributed by atoms with E-state index in [1.807, 2.05) is 7.05 Å². The van der Waals surface area contributed by atoms with Crippen LogP contribution in [0.5, 0.6) is 0 Å². The molecule has 0 aliphatic rings. The summed E-state index contributed by atoms with van der Waals surface area (Å²) in [7, 11) is 3.06. The van der Waals surface area contributed by atoms with Gasteiger partial charge in [0, 0.05) is 7.05 Å². The molecule has 0 saturated heterocycles. The van der Waals surface area contributed by atoms with Crippen LogP contribution in [0.15, 0.2) is 11.5 Å². The molecule has 0 atom stereocenters. The van der Waals surface area contributed by atoms with Crippen LogP contribution in [0.4, 0.5) is 0 Å². The van der Waals surface area contributed by atoms with Crippen molar-refractivity contribution in [1.29, 1.82) is 0 Å². The van der Waals surface area contributed by atoms with E-state index in [1.54, 1.807) is 11.0 Å². The third-order valence-corrected chi connectivity index (χ3v) is 1.50. The highest BCUT2D eigenvalue weighted by molar-refractivity contribution is 8.68. The zero-order chi connectivity index (χ0) is 5.98. The number of aryl methyl sites for hydroxylation is 1. The van der Waals surface area contributed by atoms with Gasteiger partial charge in [0.2, 0.25) is 5.16 Å². The van der Waals surface area contributed by atoms with Gasteiger partial charge in [-0.3, -0.25) is 4.68 Å². The first-order valence-electron chi connectivity index (χ1n) is 2.00. The molecule has 44 valence electrons. The number of hydrogen-bond donors (Lipinski definition) is 1. The first kappa shape index (κ1) is 5.97. The maximum absolute atomic E-state index is 3.92. The topological polar surface area (TPSA) is 30.7 Å². The van der Waals surface area contributed by atoms with E-state index in [-0.39, 0.29) is 0 Å². The lowest BCUT2D eigenvalue weighted by atomic mass is 11.2. The van der Waals surface area contributed by atoms with Crippen LogP contribution in [0.2, 0.25) is 0 Å². The fourth-order valence-corrected chi connectivity index (χ4v) is 0.872. The van der Waals surface area contributed by atoms with Crippen molar-refractivity contribution in [3.05, 3.63) is 6.33 Å². The molecule has 0 bridgehead atoms. The van der Waals surface area contributed by atoms with Crippen LogP contribution in [0.3, 0.4) is 0 Å². The molecule has 0 unspecified atom stereocenters. The fourth-order valence-electron chi connectivity index (χ4n) is 0.361. The molecule has 1 rings (SSSR count). The molecule has 8 heavy (non-hydrogen) atoms. The molecule has 0 saturated carbocycles. The minimum absolute atomic E-state index is 0.691. The number of thiol groups is 1. The quantitative estimate of drug-likeness (QED) is 0.470. The Morgan fingerprint density at radius 3 is 2.88 bits per heavy atom. The van der Waals surface area contributed by atoms with Crippen LogP contribution in [-0.4, -0.2) is 14.8 Å². The second-order valence-corrected chi connectivity index (χ2v) is 2.39. The van der Waals surface area contributed by atoms with E-state index in [0.29, 0.717) is 5.16 Å². The van der Waals surface area contributed by atoms with Crippen LogP contribution in [0, 0.1) is 0 Å². The first-order valence-corrected chi connectivity index (χ1v) is 3.87. The van der Waals surface area contributed by atoms with Crippen molar-refractivity contribution in [1.82, 2.24) is 14.8 Å². The summed E-state index contributed by atoms with van der Waals surface area (Å²) in [4.78, 5) is 3.87. The molecule has 0 aromatic carbocycles. The maximum Gasteiger partial charge on any atom is 0.218 e. The van der Waals surface area contributed by atoms with Crippen LogP contribution in [0.1, 0.15) is 0 Å². The second kappa shape index (κ2) is 2.41. The average molecular weight is 147 g/mol. The zero-order valence-electron chi connectivity index (χ0n) is 4.27. The van der Waals surface area contributed by atoms with Crippen molar-refractivity contribution in [2.75, 3.05) is 0 Å². The third kappa shape index (κ3) is 1.16. The van der Waals surface area contributed by atoms with Gasteiger partial charge in [0.25, 0.3) is 0 Å². The number of nitrogens with zero attached hydrogens (tertiary/aromatic N) is 3.